The molecule has 0 bridgehead atoms. The van der Waals surface area contributed by atoms with Crippen LogP contribution in [0.3, 0.4) is 0 Å². The number of pyridine rings is 2. The summed E-state index contributed by atoms with van der Waals surface area (Å²) in [6.45, 7) is 5.80. The molecule has 0 saturated carbocycles. The minimum Gasteiger partial charge on any atom is -0.353 e. The number of rotatable bonds is 6. The highest BCUT2D eigenvalue weighted by Gasteiger charge is 2.23. The molecule has 1 aliphatic heterocycles. The summed E-state index contributed by atoms with van der Waals surface area (Å²) in [5, 5.41) is 9.38. The molecule has 0 unspecified atom stereocenters. The average molecular weight is 410 g/mol. The van der Waals surface area contributed by atoms with Gasteiger partial charge in [0.25, 0.3) is 0 Å². The Kier molecular flexibility index (Phi) is 6.04. The maximum Gasteiger partial charge on any atom is 0.233 e. The summed E-state index contributed by atoms with van der Waals surface area (Å²) >= 11 is 1.44. The largest absolute Gasteiger partial charge is 0.353 e. The first kappa shape index (κ1) is 19.4. The number of hydrogen-bond donors (Lipinski definition) is 0. The molecule has 0 aromatic carbocycles. The molecule has 0 N–H and O–H groups in total. The molecule has 0 atom stereocenters. The van der Waals surface area contributed by atoms with Crippen molar-refractivity contribution in [3.8, 4) is 11.4 Å². The predicted molar refractivity (Wildman–Crippen MR) is 113 cm³/mol. The lowest BCUT2D eigenvalue weighted by molar-refractivity contribution is -0.128. The molecule has 0 spiro atoms. The van der Waals surface area contributed by atoms with Crippen molar-refractivity contribution in [3.63, 3.8) is 0 Å². The van der Waals surface area contributed by atoms with Gasteiger partial charge < -0.3 is 14.4 Å². The van der Waals surface area contributed by atoms with Crippen LogP contribution in [0.5, 0.6) is 0 Å². The van der Waals surface area contributed by atoms with Crippen LogP contribution in [0.4, 0.5) is 5.82 Å². The molecule has 3 aromatic rings. The number of amides is 1. The molecule has 8 nitrogen and oxygen atoms in total. The Morgan fingerprint density at radius 2 is 1.83 bits per heavy atom. The second-order valence-corrected chi connectivity index (χ2v) is 7.57. The number of carbonyl (C=O) groups is 1. The van der Waals surface area contributed by atoms with Gasteiger partial charge in [0.15, 0.2) is 11.0 Å². The summed E-state index contributed by atoms with van der Waals surface area (Å²) in [5.41, 5.74) is 0.971. The zero-order valence-electron chi connectivity index (χ0n) is 16.3. The van der Waals surface area contributed by atoms with Gasteiger partial charge in [-0.1, -0.05) is 17.8 Å². The van der Waals surface area contributed by atoms with E-state index in [2.05, 4.69) is 32.0 Å². The van der Waals surface area contributed by atoms with E-state index in [4.69, 9.17) is 0 Å². The van der Waals surface area contributed by atoms with Gasteiger partial charge >= 0.3 is 0 Å². The van der Waals surface area contributed by atoms with Gasteiger partial charge in [0.05, 0.1) is 5.75 Å². The summed E-state index contributed by atoms with van der Waals surface area (Å²) in [4.78, 5) is 25.3. The Morgan fingerprint density at radius 1 is 1.03 bits per heavy atom. The second kappa shape index (κ2) is 9.04. The van der Waals surface area contributed by atoms with Gasteiger partial charge in [-0.15, -0.1) is 10.2 Å². The van der Waals surface area contributed by atoms with Crippen LogP contribution in [-0.2, 0) is 11.3 Å². The molecule has 9 heteroatoms. The molecule has 4 heterocycles. The fraction of sp³-hybridized carbons (Fsp3) is 0.350. The van der Waals surface area contributed by atoms with E-state index < -0.39 is 0 Å². The van der Waals surface area contributed by atoms with E-state index in [1.807, 2.05) is 39.8 Å². The third-order valence-corrected chi connectivity index (χ3v) is 5.85. The zero-order valence-corrected chi connectivity index (χ0v) is 17.1. The Morgan fingerprint density at radius 3 is 2.52 bits per heavy atom. The van der Waals surface area contributed by atoms with Crippen molar-refractivity contribution in [2.75, 3.05) is 36.8 Å². The van der Waals surface area contributed by atoms with Crippen LogP contribution in [0.2, 0.25) is 0 Å². The van der Waals surface area contributed by atoms with E-state index in [1.165, 1.54) is 11.8 Å². The fourth-order valence-corrected chi connectivity index (χ4v) is 4.24. The molecule has 0 aliphatic carbocycles. The van der Waals surface area contributed by atoms with Crippen LogP contribution >= 0.6 is 11.8 Å². The summed E-state index contributed by atoms with van der Waals surface area (Å²) in [5.74, 6) is 2.26. The smallest absolute Gasteiger partial charge is 0.233 e. The molecule has 1 fully saturated rings. The third kappa shape index (κ3) is 4.40. The van der Waals surface area contributed by atoms with Crippen molar-refractivity contribution in [2.45, 2.75) is 18.6 Å². The molecule has 150 valence electrons. The number of aromatic nitrogens is 5. The van der Waals surface area contributed by atoms with Crippen LogP contribution in [0.15, 0.2) is 54.1 Å². The molecular weight excluding hydrogens is 386 g/mol. The van der Waals surface area contributed by atoms with Crippen molar-refractivity contribution in [2.24, 2.45) is 0 Å². The van der Waals surface area contributed by atoms with Crippen molar-refractivity contribution in [1.82, 2.24) is 29.6 Å². The molecule has 1 saturated heterocycles. The van der Waals surface area contributed by atoms with Crippen LogP contribution in [0, 0.1) is 0 Å². The van der Waals surface area contributed by atoms with Crippen molar-refractivity contribution in [3.05, 3.63) is 48.9 Å². The molecule has 1 amide bonds. The number of thioether (sulfide) groups is 1. The minimum atomic E-state index is 0.131. The highest BCUT2D eigenvalue weighted by atomic mass is 32.2. The maximum absolute atomic E-state index is 12.7. The highest BCUT2D eigenvalue weighted by Crippen LogP contribution is 2.24. The molecule has 29 heavy (non-hydrogen) atoms. The second-order valence-electron chi connectivity index (χ2n) is 6.63. The third-order valence-electron chi connectivity index (χ3n) is 4.90. The van der Waals surface area contributed by atoms with E-state index >= 15 is 0 Å². The number of hydrogen-bond acceptors (Lipinski definition) is 7. The van der Waals surface area contributed by atoms with E-state index in [0.717, 1.165) is 42.0 Å². The van der Waals surface area contributed by atoms with Crippen molar-refractivity contribution < 1.29 is 4.79 Å². The topological polar surface area (TPSA) is 80.0 Å². The lowest BCUT2D eigenvalue weighted by Gasteiger charge is -2.35. The summed E-state index contributed by atoms with van der Waals surface area (Å²) in [6, 6.07) is 9.73. The number of piperazine rings is 1. The fourth-order valence-electron chi connectivity index (χ4n) is 3.34. The van der Waals surface area contributed by atoms with Gasteiger partial charge in [-0.05, 0) is 31.2 Å². The molecule has 1 aliphatic rings. The van der Waals surface area contributed by atoms with Gasteiger partial charge in [0.2, 0.25) is 5.91 Å². The molecular formula is C20H23N7OS. The minimum absolute atomic E-state index is 0.131. The Labute approximate surface area is 174 Å². The first-order valence-electron chi connectivity index (χ1n) is 9.66. The first-order valence-corrected chi connectivity index (χ1v) is 10.6. The van der Waals surface area contributed by atoms with Gasteiger partial charge in [-0.3, -0.25) is 9.78 Å². The summed E-state index contributed by atoms with van der Waals surface area (Å²) in [6.07, 6.45) is 5.28. The SMILES string of the molecule is CCn1c(SCC(=O)N2CCN(c3ccccn3)CC2)nnc1-c1ccncc1. The average Bonchev–Trinajstić information content (AvgIpc) is 3.21. The Bertz CT molecular complexity index is 940. The van der Waals surface area contributed by atoms with Crippen molar-refractivity contribution in [1.29, 1.82) is 0 Å². The normalized spacial score (nSPS) is 14.2. The lowest BCUT2D eigenvalue weighted by atomic mass is 10.2. The highest BCUT2D eigenvalue weighted by molar-refractivity contribution is 7.99. The Hall–Kier alpha value is -2.94. The maximum atomic E-state index is 12.7. The van der Waals surface area contributed by atoms with Crippen LogP contribution in [0.25, 0.3) is 11.4 Å². The lowest BCUT2D eigenvalue weighted by Crippen LogP contribution is -2.49. The number of nitrogens with zero attached hydrogens (tertiary/aromatic N) is 7. The summed E-state index contributed by atoms with van der Waals surface area (Å²) in [7, 11) is 0. The zero-order chi connectivity index (χ0) is 20.1. The Balaban J connectivity index is 1.34. The molecule has 4 rings (SSSR count). The monoisotopic (exact) mass is 409 g/mol. The van der Waals surface area contributed by atoms with Gasteiger partial charge in [0, 0.05) is 56.9 Å². The van der Waals surface area contributed by atoms with E-state index in [-0.39, 0.29) is 5.91 Å². The van der Waals surface area contributed by atoms with E-state index in [0.29, 0.717) is 18.8 Å². The van der Waals surface area contributed by atoms with Crippen LogP contribution in [0.1, 0.15) is 6.92 Å². The summed E-state index contributed by atoms with van der Waals surface area (Å²) < 4.78 is 2.03. The predicted octanol–water partition coefficient (Wildman–Crippen LogP) is 2.20. The first-order chi connectivity index (χ1) is 14.3. The van der Waals surface area contributed by atoms with Crippen LogP contribution in [-0.4, -0.2) is 67.5 Å². The van der Waals surface area contributed by atoms with Crippen molar-refractivity contribution >= 4 is 23.5 Å². The van der Waals surface area contributed by atoms with Gasteiger partial charge in [-0.2, -0.15) is 0 Å². The number of carbonyl (C=O) groups excluding carboxylic acids is 1. The van der Waals surface area contributed by atoms with E-state index in [1.54, 1.807) is 18.6 Å². The number of anilines is 1. The van der Waals surface area contributed by atoms with E-state index in [9.17, 15) is 4.79 Å². The van der Waals surface area contributed by atoms with Crippen LogP contribution < -0.4 is 4.90 Å². The molecule has 3 aromatic heterocycles. The quantitative estimate of drug-likeness (QED) is 0.577. The molecule has 0 radical (unpaired) electrons. The standard InChI is InChI=1S/C20H23N7OS/c1-2-27-19(16-6-9-21-10-7-16)23-24-20(27)29-15-18(28)26-13-11-25(12-14-26)17-5-3-4-8-22-17/h3-10H,2,11-15H2,1H3. The van der Waals surface area contributed by atoms with Gasteiger partial charge in [-0.25, -0.2) is 4.98 Å². The van der Waals surface area contributed by atoms with Gasteiger partial charge in [0.1, 0.15) is 5.82 Å².